The van der Waals surface area contributed by atoms with Crippen LogP contribution in [0.3, 0.4) is 0 Å². The average molecular weight is 165 g/mol. The fraction of sp³-hybridized carbons (Fsp3) is 0.333. The smallest absolute Gasteiger partial charge is 0.0596 e. The molecule has 3 nitrogen and oxygen atoms in total. The van der Waals surface area contributed by atoms with E-state index < -0.39 is 0 Å². The van der Waals surface area contributed by atoms with Crippen LogP contribution in [0.5, 0.6) is 0 Å². The molecule has 1 aromatic rings. The Morgan fingerprint density at radius 1 is 1.33 bits per heavy atom. The van der Waals surface area contributed by atoms with Crippen molar-refractivity contribution in [2.24, 2.45) is 0 Å². The summed E-state index contributed by atoms with van der Waals surface area (Å²) >= 11 is 0. The minimum absolute atomic E-state index is 0.244. The van der Waals surface area contributed by atoms with Gasteiger partial charge in [0.15, 0.2) is 0 Å². The van der Waals surface area contributed by atoms with E-state index in [9.17, 15) is 0 Å². The molecule has 0 saturated heterocycles. The zero-order chi connectivity index (χ0) is 9.14. The summed E-state index contributed by atoms with van der Waals surface area (Å²) in [5.74, 6) is 0. The second-order valence-electron chi connectivity index (χ2n) is 2.86. The Kier molecular flexibility index (Phi) is 2.55. The Bertz CT molecular complexity index is 270. The number of para-hydroxylation sites is 1. The lowest BCUT2D eigenvalue weighted by Crippen LogP contribution is -2.14. The molecule has 3 heteroatoms. The number of nitrogen functional groups attached to an aromatic ring is 2. The highest BCUT2D eigenvalue weighted by Gasteiger charge is 2.07. The Morgan fingerprint density at radius 3 is 2.58 bits per heavy atom. The third kappa shape index (κ3) is 1.51. The lowest BCUT2D eigenvalue weighted by molar-refractivity contribution is 0.654. The maximum absolute atomic E-state index is 5.79. The van der Waals surface area contributed by atoms with Gasteiger partial charge in [-0.25, -0.2) is 0 Å². The number of nitrogens with two attached hydrogens (primary N) is 2. The molecule has 5 N–H and O–H groups in total. The van der Waals surface area contributed by atoms with Crippen molar-refractivity contribution in [1.82, 2.24) is 5.32 Å². The monoisotopic (exact) mass is 165 g/mol. The molecule has 0 amide bonds. The summed E-state index contributed by atoms with van der Waals surface area (Å²) in [5.41, 5.74) is 13.8. The molecule has 0 radical (unpaired) electrons. The van der Waals surface area contributed by atoms with Crippen LogP contribution in [0, 0.1) is 0 Å². The van der Waals surface area contributed by atoms with E-state index in [1.165, 1.54) is 0 Å². The fourth-order valence-electron chi connectivity index (χ4n) is 1.13. The van der Waals surface area contributed by atoms with Crippen molar-refractivity contribution >= 4 is 11.4 Å². The highest BCUT2D eigenvalue weighted by molar-refractivity contribution is 5.67. The second-order valence-corrected chi connectivity index (χ2v) is 2.86. The Balaban J connectivity index is 3.07. The first kappa shape index (κ1) is 8.87. The Morgan fingerprint density at radius 2 is 2.00 bits per heavy atom. The van der Waals surface area contributed by atoms with Crippen LogP contribution < -0.4 is 16.8 Å². The van der Waals surface area contributed by atoms with Gasteiger partial charge in [-0.05, 0) is 25.6 Å². The summed E-state index contributed by atoms with van der Waals surface area (Å²) in [6, 6.07) is 5.94. The van der Waals surface area contributed by atoms with E-state index in [2.05, 4.69) is 5.32 Å². The van der Waals surface area contributed by atoms with Gasteiger partial charge < -0.3 is 16.8 Å². The van der Waals surface area contributed by atoms with Crippen LogP contribution in [0.4, 0.5) is 11.4 Å². The molecule has 0 aliphatic rings. The third-order valence-corrected chi connectivity index (χ3v) is 2.07. The lowest BCUT2D eigenvalue weighted by Gasteiger charge is -2.14. The predicted octanol–water partition coefficient (Wildman–Crippen LogP) is 1.13. The van der Waals surface area contributed by atoms with Crippen LogP contribution in [0.2, 0.25) is 0 Å². The molecule has 0 heterocycles. The predicted molar refractivity (Wildman–Crippen MR) is 52.7 cm³/mol. The lowest BCUT2D eigenvalue weighted by atomic mass is 10.1. The molecule has 0 saturated carbocycles. The molecule has 0 aromatic heterocycles. The molecule has 1 atom stereocenters. The summed E-state index contributed by atoms with van der Waals surface area (Å²) in [6.45, 7) is 2.05. The summed E-state index contributed by atoms with van der Waals surface area (Å²) in [5, 5.41) is 3.11. The van der Waals surface area contributed by atoms with E-state index in [0.29, 0.717) is 11.4 Å². The molecular formula is C9H15N3. The van der Waals surface area contributed by atoms with Crippen LogP contribution in [-0.2, 0) is 0 Å². The Hall–Kier alpha value is -1.22. The van der Waals surface area contributed by atoms with E-state index in [4.69, 9.17) is 11.5 Å². The average Bonchev–Trinajstić information content (AvgIpc) is 2.08. The van der Waals surface area contributed by atoms with E-state index in [1.807, 2.05) is 26.1 Å². The highest BCUT2D eigenvalue weighted by atomic mass is 14.9. The molecule has 1 rings (SSSR count). The number of benzene rings is 1. The summed E-state index contributed by atoms with van der Waals surface area (Å²) < 4.78 is 0. The molecule has 0 fully saturated rings. The van der Waals surface area contributed by atoms with Gasteiger partial charge in [-0.3, -0.25) is 0 Å². The SMILES string of the molecule is CNC(C)c1cccc(N)c1N. The molecular weight excluding hydrogens is 150 g/mol. The van der Waals surface area contributed by atoms with Crippen molar-refractivity contribution in [2.45, 2.75) is 13.0 Å². The van der Waals surface area contributed by atoms with Crippen molar-refractivity contribution in [1.29, 1.82) is 0 Å². The van der Waals surface area contributed by atoms with Crippen LogP contribution in [0.15, 0.2) is 18.2 Å². The molecule has 12 heavy (non-hydrogen) atoms. The Labute approximate surface area is 72.8 Å². The van der Waals surface area contributed by atoms with Gasteiger partial charge in [0.2, 0.25) is 0 Å². The number of nitrogens with one attached hydrogen (secondary N) is 1. The van der Waals surface area contributed by atoms with Gasteiger partial charge in [0.25, 0.3) is 0 Å². The highest BCUT2D eigenvalue weighted by Crippen LogP contribution is 2.24. The molecule has 1 unspecified atom stereocenters. The minimum atomic E-state index is 0.244. The van der Waals surface area contributed by atoms with Gasteiger partial charge >= 0.3 is 0 Å². The van der Waals surface area contributed by atoms with Crippen molar-refractivity contribution in [3.8, 4) is 0 Å². The van der Waals surface area contributed by atoms with Gasteiger partial charge in [0, 0.05) is 6.04 Å². The minimum Gasteiger partial charge on any atom is -0.397 e. The van der Waals surface area contributed by atoms with Crippen molar-refractivity contribution < 1.29 is 0 Å². The van der Waals surface area contributed by atoms with Gasteiger partial charge in [0.1, 0.15) is 0 Å². The summed E-state index contributed by atoms with van der Waals surface area (Å²) in [6.07, 6.45) is 0. The number of anilines is 2. The van der Waals surface area contributed by atoms with E-state index in [-0.39, 0.29) is 6.04 Å². The number of rotatable bonds is 2. The summed E-state index contributed by atoms with van der Waals surface area (Å²) in [7, 11) is 1.90. The quantitative estimate of drug-likeness (QED) is 0.576. The standard InChI is InChI=1S/C9H15N3/c1-6(12-2)7-4-3-5-8(10)9(7)11/h3-6,12H,10-11H2,1-2H3. The van der Waals surface area contributed by atoms with Crippen molar-refractivity contribution in [3.63, 3.8) is 0 Å². The number of hydrogen-bond donors (Lipinski definition) is 3. The zero-order valence-corrected chi connectivity index (χ0v) is 7.46. The van der Waals surface area contributed by atoms with Crippen LogP contribution in [0.1, 0.15) is 18.5 Å². The van der Waals surface area contributed by atoms with Gasteiger partial charge in [-0.2, -0.15) is 0 Å². The van der Waals surface area contributed by atoms with Gasteiger partial charge in [-0.15, -0.1) is 0 Å². The summed E-state index contributed by atoms with van der Waals surface area (Å²) in [4.78, 5) is 0. The maximum atomic E-state index is 5.79. The van der Waals surface area contributed by atoms with Crippen LogP contribution in [0.25, 0.3) is 0 Å². The van der Waals surface area contributed by atoms with Crippen molar-refractivity contribution in [2.75, 3.05) is 18.5 Å². The molecule has 0 spiro atoms. The van der Waals surface area contributed by atoms with Gasteiger partial charge in [-0.1, -0.05) is 12.1 Å². The van der Waals surface area contributed by atoms with Gasteiger partial charge in [0.05, 0.1) is 11.4 Å². The molecule has 0 bridgehead atoms. The van der Waals surface area contributed by atoms with Crippen LogP contribution >= 0.6 is 0 Å². The molecule has 66 valence electrons. The molecule has 1 aromatic carbocycles. The van der Waals surface area contributed by atoms with E-state index >= 15 is 0 Å². The molecule has 0 aliphatic carbocycles. The first-order chi connectivity index (χ1) is 5.66. The van der Waals surface area contributed by atoms with E-state index in [1.54, 1.807) is 6.07 Å². The topological polar surface area (TPSA) is 64.1 Å². The van der Waals surface area contributed by atoms with E-state index in [0.717, 1.165) is 5.56 Å². The zero-order valence-electron chi connectivity index (χ0n) is 7.46. The van der Waals surface area contributed by atoms with Crippen molar-refractivity contribution in [3.05, 3.63) is 23.8 Å². The molecule has 0 aliphatic heterocycles. The largest absolute Gasteiger partial charge is 0.397 e. The van der Waals surface area contributed by atoms with Crippen LogP contribution in [-0.4, -0.2) is 7.05 Å². The number of hydrogen-bond acceptors (Lipinski definition) is 3. The normalized spacial score (nSPS) is 12.8. The fourth-order valence-corrected chi connectivity index (χ4v) is 1.13. The second kappa shape index (κ2) is 3.45. The first-order valence-electron chi connectivity index (χ1n) is 3.98. The maximum Gasteiger partial charge on any atom is 0.0596 e. The third-order valence-electron chi connectivity index (χ3n) is 2.07. The first-order valence-corrected chi connectivity index (χ1v) is 3.98.